The smallest absolute Gasteiger partial charge is 0.220 e. The second-order valence-electron chi connectivity index (χ2n) is 24.6. The summed E-state index contributed by atoms with van der Waals surface area (Å²) < 4.78 is 34.4. The van der Waals surface area contributed by atoms with E-state index in [1.807, 2.05) is 0 Å². The highest BCUT2D eigenvalue weighted by Gasteiger charge is 2.53. The first-order valence-corrected chi connectivity index (χ1v) is 34.1. The molecular weight excluding hydrogens is 1090 g/mol. The van der Waals surface area contributed by atoms with Gasteiger partial charge in [-0.1, -0.05) is 231 Å². The van der Waals surface area contributed by atoms with E-state index in [1.165, 1.54) is 173 Å². The lowest BCUT2D eigenvalue weighted by Gasteiger charge is -2.48. The maximum Gasteiger partial charge on any atom is 0.220 e. The molecular formula is C66H123NO18. The minimum absolute atomic E-state index is 0.241. The zero-order chi connectivity index (χ0) is 61.9. The summed E-state index contributed by atoms with van der Waals surface area (Å²) >= 11 is 0. The summed E-state index contributed by atoms with van der Waals surface area (Å²) in [4.78, 5) is 13.4. The van der Waals surface area contributed by atoms with Crippen molar-refractivity contribution >= 4 is 5.91 Å². The largest absolute Gasteiger partial charge is 0.394 e. The lowest BCUT2D eigenvalue weighted by atomic mass is 9.96. The lowest BCUT2D eigenvalue weighted by Crippen LogP contribution is -2.66. The van der Waals surface area contributed by atoms with Gasteiger partial charge < -0.3 is 89.9 Å². The summed E-state index contributed by atoms with van der Waals surface area (Å²) in [5.41, 5.74) is 0. The van der Waals surface area contributed by atoms with Gasteiger partial charge in [-0.05, 0) is 44.9 Å². The van der Waals surface area contributed by atoms with Gasteiger partial charge in [0.1, 0.15) is 73.2 Å². The van der Waals surface area contributed by atoms with Crippen LogP contribution in [0.25, 0.3) is 0 Å². The van der Waals surface area contributed by atoms with Crippen LogP contribution in [-0.4, -0.2) is 193 Å². The normalized spacial score (nSPS) is 29.1. The summed E-state index contributed by atoms with van der Waals surface area (Å²) in [7, 11) is 0. The molecule has 12 N–H and O–H groups in total. The standard InChI is InChI=1S/C66H123NO18/c1-3-5-7-9-11-13-15-17-18-19-20-21-22-23-24-25-26-27-28-29-30-32-34-36-38-40-42-44-54(72)67-49(50(71)43-41-39-37-35-33-31-16-14-12-10-8-6-4-2)48-80-64-60(78)57(75)62(52(46-69)82-64)85-66-61(79)58(76)63(53(47-70)83-66)84-65-59(77)56(74)55(73)51(45-68)81-65/h15,17,19-20,49-53,55-66,68-71,73-79H,3-14,16,18,21-48H2,1-2H3,(H,67,72)/b17-15-,20-19-. The fourth-order valence-electron chi connectivity index (χ4n) is 11.7. The SMILES string of the molecule is CCCCCCC/C=C\C/C=C\CCCCCCCCCCCCCCCCCC(=O)NC(COC1OC(CO)C(OC2OC(CO)C(OC3OC(CO)C(O)C(O)C3O)C(O)C2O)C(O)C1O)C(O)CCCCCCCCCCCCCCC. The number of carbonyl (C=O) groups is 1. The predicted molar refractivity (Wildman–Crippen MR) is 328 cm³/mol. The number of unbranched alkanes of at least 4 members (excludes halogenated alkanes) is 32. The molecule has 0 spiro atoms. The molecule has 85 heavy (non-hydrogen) atoms. The van der Waals surface area contributed by atoms with Crippen LogP contribution >= 0.6 is 0 Å². The number of amides is 1. The van der Waals surface area contributed by atoms with Crippen LogP contribution in [0.4, 0.5) is 0 Å². The first-order valence-electron chi connectivity index (χ1n) is 34.1. The van der Waals surface area contributed by atoms with E-state index in [9.17, 15) is 61.0 Å². The number of aliphatic hydroxyl groups is 11. The molecule has 500 valence electrons. The van der Waals surface area contributed by atoms with Crippen molar-refractivity contribution in [2.24, 2.45) is 0 Å². The van der Waals surface area contributed by atoms with Crippen molar-refractivity contribution in [2.75, 3.05) is 26.4 Å². The van der Waals surface area contributed by atoms with E-state index in [0.717, 1.165) is 51.4 Å². The Kier molecular flexibility index (Phi) is 44.7. The number of hydrogen-bond donors (Lipinski definition) is 12. The molecule has 3 fully saturated rings. The molecule has 17 unspecified atom stereocenters. The van der Waals surface area contributed by atoms with Crippen LogP contribution in [0.2, 0.25) is 0 Å². The molecule has 3 aliphatic heterocycles. The van der Waals surface area contributed by atoms with Gasteiger partial charge >= 0.3 is 0 Å². The van der Waals surface area contributed by atoms with Crippen LogP contribution in [-0.2, 0) is 33.2 Å². The molecule has 0 aromatic heterocycles. The van der Waals surface area contributed by atoms with Gasteiger partial charge in [0.05, 0.1) is 38.6 Å². The Labute approximate surface area is 511 Å². The van der Waals surface area contributed by atoms with Crippen molar-refractivity contribution < 1.29 is 89.4 Å². The molecule has 0 bridgehead atoms. The van der Waals surface area contributed by atoms with E-state index < -0.39 is 124 Å². The van der Waals surface area contributed by atoms with Crippen LogP contribution in [0.3, 0.4) is 0 Å². The Morgan fingerprint density at radius 2 is 0.776 bits per heavy atom. The van der Waals surface area contributed by atoms with E-state index in [0.29, 0.717) is 12.8 Å². The van der Waals surface area contributed by atoms with Crippen LogP contribution < -0.4 is 5.32 Å². The maximum absolute atomic E-state index is 13.4. The number of ether oxygens (including phenoxy) is 6. The Morgan fingerprint density at radius 1 is 0.424 bits per heavy atom. The molecule has 19 heteroatoms. The minimum atomic E-state index is -1.97. The molecule has 3 heterocycles. The van der Waals surface area contributed by atoms with Gasteiger partial charge in [0, 0.05) is 6.42 Å². The lowest BCUT2D eigenvalue weighted by molar-refractivity contribution is -0.379. The van der Waals surface area contributed by atoms with Crippen LogP contribution in [0, 0.1) is 0 Å². The number of hydrogen-bond acceptors (Lipinski definition) is 18. The van der Waals surface area contributed by atoms with Crippen LogP contribution in [0.1, 0.15) is 258 Å². The predicted octanol–water partition coefficient (Wildman–Crippen LogP) is 8.27. The van der Waals surface area contributed by atoms with Gasteiger partial charge in [-0.3, -0.25) is 4.79 Å². The van der Waals surface area contributed by atoms with Crippen molar-refractivity contribution in [3.05, 3.63) is 24.3 Å². The van der Waals surface area contributed by atoms with Gasteiger partial charge in [0.25, 0.3) is 0 Å². The Morgan fingerprint density at radius 3 is 1.20 bits per heavy atom. The van der Waals surface area contributed by atoms with E-state index in [2.05, 4.69) is 43.5 Å². The van der Waals surface area contributed by atoms with Crippen LogP contribution in [0.5, 0.6) is 0 Å². The van der Waals surface area contributed by atoms with E-state index in [-0.39, 0.29) is 18.9 Å². The highest BCUT2D eigenvalue weighted by atomic mass is 16.8. The quantitative estimate of drug-likeness (QED) is 0.0201. The molecule has 0 aromatic carbocycles. The van der Waals surface area contributed by atoms with Crippen LogP contribution in [0.15, 0.2) is 24.3 Å². The van der Waals surface area contributed by atoms with Gasteiger partial charge in [0.2, 0.25) is 5.91 Å². The third-order valence-corrected chi connectivity index (χ3v) is 17.3. The molecule has 0 saturated carbocycles. The maximum atomic E-state index is 13.4. The highest BCUT2D eigenvalue weighted by molar-refractivity contribution is 5.76. The Bertz CT molecular complexity index is 1640. The number of aliphatic hydroxyl groups excluding tert-OH is 11. The molecule has 0 aliphatic carbocycles. The van der Waals surface area contributed by atoms with Crippen molar-refractivity contribution in [1.29, 1.82) is 0 Å². The number of carbonyl (C=O) groups excluding carboxylic acids is 1. The Balaban J connectivity index is 1.40. The number of nitrogens with one attached hydrogen (secondary N) is 1. The topological polar surface area (TPSA) is 307 Å². The minimum Gasteiger partial charge on any atom is -0.394 e. The zero-order valence-corrected chi connectivity index (χ0v) is 52.6. The monoisotopic (exact) mass is 1220 g/mol. The molecule has 3 aliphatic rings. The molecule has 3 rings (SSSR count). The summed E-state index contributed by atoms with van der Waals surface area (Å²) in [6, 6.07) is -0.884. The number of rotatable bonds is 52. The van der Waals surface area contributed by atoms with E-state index in [4.69, 9.17) is 28.4 Å². The Hall–Kier alpha value is -1.73. The summed E-state index contributed by atoms with van der Waals surface area (Å²) in [6.07, 6.45) is 26.9. The molecule has 19 nitrogen and oxygen atoms in total. The number of allylic oxidation sites excluding steroid dienone is 4. The van der Waals surface area contributed by atoms with Gasteiger partial charge in [0.15, 0.2) is 18.9 Å². The third-order valence-electron chi connectivity index (χ3n) is 17.3. The van der Waals surface area contributed by atoms with Crippen molar-refractivity contribution in [2.45, 2.75) is 362 Å². The van der Waals surface area contributed by atoms with Gasteiger partial charge in [-0.15, -0.1) is 0 Å². The van der Waals surface area contributed by atoms with E-state index >= 15 is 0 Å². The summed E-state index contributed by atoms with van der Waals surface area (Å²) in [5.74, 6) is -0.241. The first kappa shape index (κ1) is 77.5. The van der Waals surface area contributed by atoms with E-state index in [1.54, 1.807) is 0 Å². The molecule has 17 atom stereocenters. The van der Waals surface area contributed by atoms with Crippen molar-refractivity contribution in [3.8, 4) is 0 Å². The molecule has 3 saturated heterocycles. The average molecular weight is 1220 g/mol. The second-order valence-corrected chi connectivity index (χ2v) is 24.6. The molecule has 0 aromatic rings. The fraction of sp³-hybridized carbons (Fsp3) is 0.924. The van der Waals surface area contributed by atoms with Crippen molar-refractivity contribution in [3.63, 3.8) is 0 Å². The second kappa shape index (κ2) is 49.0. The highest BCUT2D eigenvalue weighted by Crippen LogP contribution is 2.33. The van der Waals surface area contributed by atoms with Gasteiger partial charge in [-0.25, -0.2) is 0 Å². The average Bonchev–Trinajstić information content (AvgIpc) is 2.72. The van der Waals surface area contributed by atoms with Gasteiger partial charge in [-0.2, -0.15) is 0 Å². The van der Waals surface area contributed by atoms with Crippen molar-refractivity contribution in [1.82, 2.24) is 5.32 Å². The molecule has 1 amide bonds. The molecule has 0 radical (unpaired) electrons. The third kappa shape index (κ3) is 31.7. The fourth-order valence-corrected chi connectivity index (χ4v) is 11.7. The first-order chi connectivity index (χ1) is 41.3. The summed E-state index contributed by atoms with van der Waals surface area (Å²) in [5, 5.41) is 120. The zero-order valence-electron chi connectivity index (χ0n) is 52.6. The summed E-state index contributed by atoms with van der Waals surface area (Å²) in [6.45, 7) is 1.80.